The van der Waals surface area contributed by atoms with Crippen LogP contribution in [0.3, 0.4) is 0 Å². The third-order valence-corrected chi connectivity index (χ3v) is 4.99. The molecule has 0 aliphatic heterocycles. The zero-order chi connectivity index (χ0) is 23.1. The minimum Gasteiger partial charge on any atom is -0.488 e. The van der Waals surface area contributed by atoms with E-state index in [0.717, 1.165) is 16.2 Å². The molecule has 1 aromatic heterocycles. The van der Waals surface area contributed by atoms with Crippen LogP contribution in [0.1, 0.15) is 19.8 Å². The molecule has 3 rings (SSSR count). The highest BCUT2D eigenvalue weighted by molar-refractivity contribution is 9.10. The second-order valence-corrected chi connectivity index (χ2v) is 7.83. The van der Waals surface area contributed by atoms with E-state index < -0.39 is 11.8 Å². The molecule has 2 amide bonds. The lowest BCUT2D eigenvalue weighted by molar-refractivity contribution is -0.129. The molecule has 0 aliphatic rings. The van der Waals surface area contributed by atoms with Crippen LogP contribution >= 0.6 is 15.9 Å². The number of carbonyl (C=O) groups excluding carboxylic acids is 2. The number of ether oxygens (including phenoxy) is 1. The van der Waals surface area contributed by atoms with Gasteiger partial charge in [0.05, 0.1) is 17.3 Å². The Morgan fingerprint density at radius 2 is 2.09 bits per heavy atom. The Hall–Kier alpha value is -3.50. The van der Waals surface area contributed by atoms with Gasteiger partial charge in [-0.1, -0.05) is 28.6 Å². The van der Waals surface area contributed by atoms with Crippen LogP contribution in [0.2, 0.25) is 0 Å². The average molecular weight is 500 g/mol. The van der Waals surface area contributed by atoms with Crippen molar-refractivity contribution in [2.75, 3.05) is 10.6 Å². The van der Waals surface area contributed by atoms with Gasteiger partial charge in [-0.25, -0.2) is 15.4 Å². The normalized spacial score (nSPS) is 11.5. The summed E-state index contributed by atoms with van der Waals surface area (Å²) in [6.07, 6.45) is 2.67. The molecular weight excluding hydrogens is 478 g/mol. The molecular formula is C22H22BrN5O4. The molecule has 166 valence electrons. The number of nitrogens with zero attached hydrogens (tertiary/aromatic N) is 2. The van der Waals surface area contributed by atoms with Crippen molar-refractivity contribution in [1.29, 1.82) is 0 Å². The van der Waals surface area contributed by atoms with Gasteiger partial charge in [-0.3, -0.25) is 14.8 Å². The highest BCUT2D eigenvalue weighted by Gasteiger charge is 2.16. The molecule has 0 spiro atoms. The van der Waals surface area contributed by atoms with E-state index in [2.05, 4.69) is 43.1 Å². The number of hydrogen-bond acceptors (Lipinski definition) is 7. The Morgan fingerprint density at radius 3 is 2.81 bits per heavy atom. The smallest absolute Gasteiger partial charge is 0.247 e. The summed E-state index contributed by atoms with van der Waals surface area (Å²) in [4.78, 5) is 32.0. The summed E-state index contributed by atoms with van der Waals surface area (Å²) in [5, 5.41) is 15.3. The molecule has 1 unspecified atom stereocenters. The summed E-state index contributed by atoms with van der Waals surface area (Å²) in [6, 6.07) is 11.1. The Bertz CT molecular complexity index is 1150. The van der Waals surface area contributed by atoms with Gasteiger partial charge in [0.2, 0.25) is 11.8 Å². The largest absolute Gasteiger partial charge is 0.488 e. The maximum absolute atomic E-state index is 12.0. The van der Waals surface area contributed by atoms with Crippen molar-refractivity contribution >= 4 is 55.8 Å². The average Bonchev–Trinajstić information content (AvgIpc) is 2.78. The Morgan fingerprint density at radius 1 is 1.28 bits per heavy atom. The number of aromatic nitrogens is 2. The van der Waals surface area contributed by atoms with Crippen LogP contribution in [0.15, 0.2) is 59.9 Å². The van der Waals surface area contributed by atoms with Crippen molar-refractivity contribution in [3.8, 4) is 5.75 Å². The van der Waals surface area contributed by atoms with Crippen LogP contribution in [0, 0.1) is 0 Å². The van der Waals surface area contributed by atoms with E-state index in [1.54, 1.807) is 24.5 Å². The first-order valence-corrected chi connectivity index (χ1v) is 10.5. The van der Waals surface area contributed by atoms with Crippen molar-refractivity contribution < 1.29 is 19.5 Å². The van der Waals surface area contributed by atoms with Gasteiger partial charge in [0.1, 0.15) is 17.9 Å². The number of nitrogens with one attached hydrogen (secondary N) is 3. The standard InChI is InChI=1S/C22H22BrN5O4/c1-3-20(29)27-18-10-16-17(11-19(18)32-13(2)7-8-21(30)28-31)24-12-25-22(16)26-15-6-4-5-14(23)9-15/h3-6,9-13,31H,1,7-8H2,2H3,(H,27,29)(H,28,30)(H,24,25,26). The lowest BCUT2D eigenvalue weighted by atomic mass is 10.1. The molecule has 0 bridgehead atoms. The van der Waals surface area contributed by atoms with Gasteiger partial charge in [0.15, 0.2) is 0 Å². The summed E-state index contributed by atoms with van der Waals surface area (Å²) < 4.78 is 6.89. The number of benzene rings is 2. The van der Waals surface area contributed by atoms with Crippen LogP contribution in [0.5, 0.6) is 5.75 Å². The zero-order valence-electron chi connectivity index (χ0n) is 17.3. The third-order valence-electron chi connectivity index (χ3n) is 4.50. The first-order valence-electron chi connectivity index (χ1n) is 9.74. The quantitative estimate of drug-likeness (QED) is 0.196. The third kappa shape index (κ3) is 6.02. The first-order chi connectivity index (χ1) is 15.4. The van der Waals surface area contributed by atoms with Gasteiger partial charge >= 0.3 is 0 Å². The van der Waals surface area contributed by atoms with Crippen molar-refractivity contribution in [2.45, 2.75) is 25.9 Å². The van der Waals surface area contributed by atoms with Crippen LogP contribution in [-0.2, 0) is 9.59 Å². The highest BCUT2D eigenvalue weighted by Crippen LogP contribution is 2.34. The molecule has 1 atom stereocenters. The van der Waals surface area contributed by atoms with Gasteiger partial charge < -0.3 is 15.4 Å². The van der Waals surface area contributed by atoms with E-state index in [-0.39, 0.29) is 12.5 Å². The molecule has 10 heteroatoms. The second-order valence-electron chi connectivity index (χ2n) is 6.92. The Balaban J connectivity index is 1.96. The van der Waals surface area contributed by atoms with Crippen LogP contribution in [0.25, 0.3) is 10.9 Å². The van der Waals surface area contributed by atoms with Gasteiger partial charge in [-0.15, -0.1) is 0 Å². The Kier molecular flexibility index (Phi) is 7.74. The molecule has 0 radical (unpaired) electrons. The highest BCUT2D eigenvalue weighted by atomic mass is 79.9. The van der Waals surface area contributed by atoms with Crippen LogP contribution < -0.4 is 20.9 Å². The van der Waals surface area contributed by atoms with E-state index in [0.29, 0.717) is 34.6 Å². The fourth-order valence-corrected chi connectivity index (χ4v) is 3.33. The SMILES string of the molecule is C=CC(=O)Nc1cc2c(Nc3cccc(Br)c3)ncnc2cc1OC(C)CCC(=O)NO. The summed E-state index contributed by atoms with van der Waals surface area (Å²) in [6.45, 7) is 5.27. The van der Waals surface area contributed by atoms with Gasteiger partial charge in [-0.2, -0.15) is 0 Å². The molecule has 4 N–H and O–H groups in total. The van der Waals surface area contributed by atoms with Crippen molar-refractivity contribution in [2.24, 2.45) is 0 Å². The summed E-state index contributed by atoms with van der Waals surface area (Å²) in [7, 11) is 0. The maximum atomic E-state index is 12.0. The molecule has 2 aromatic carbocycles. The lowest BCUT2D eigenvalue weighted by Crippen LogP contribution is -2.22. The zero-order valence-corrected chi connectivity index (χ0v) is 18.8. The van der Waals surface area contributed by atoms with Crippen LogP contribution in [0.4, 0.5) is 17.2 Å². The lowest BCUT2D eigenvalue weighted by Gasteiger charge is -2.19. The number of fused-ring (bicyclic) bond motifs is 1. The second kappa shape index (κ2) is 10.7. The number of hydrogen-bond donors (Lipinski definition) is 4. The van der Waals surface area contributed by atoms with Gasteiger partial charge in [-0.05, 0) is 43.7 Å². The van der Waals surface area contributed by atoms with E-state index >= 15 is 0 Å². The summed E-state index contributed by atoms with van der Waals surface area (Å²) in [5.74, 6) is 0.0353. The van der Waals surface area contributed by atoms with Crippen molar-refractivity contribution in [3.63, 3.8) is 0 Å². The number of halogens is 1. The van der Waals surface area contributed by atoms with Gasteiger partial charge in [0.25, 0.3) is 0 Å². The van der Waals surface area contributed by atoms with Crippen molar-refractivity contribution in [1.82, 2.24) is 15.4 Å². The monoisotopic (exact) mass is 499 g/mol. The first kappa shape index (κ1) is 23.2. The summed E-state index contributed by atoms with van der Waals surface area (Å²) in [5.41, 5.74) is 3.43. The molecule has 0 aliphatic carbocycles. The molecule has 32 heavy (non-hydrogen) atoms. The molecule has 3 aromatic rings. The predicted molar refractivity (Wildman–Crippen MR) is 125 cm³/mol. The predicted octanol–water partition coefficient (Wildman–Crippen LogP) is 4.31. The minimum atomic E-state index is -0.504. The molecule has 9 nitrogen and oxygen atoms in total. The molecule has 1 heterocycles. The van der Waals surface area contributed by atoms with E-state index in [4.69, 9.17) is 9.94 Å². The maximum Gasteiger partial charge on any atom is 0.247 e. The number of rotatable bonds is 9. The van der Waals surface area contributed by atoms with E-state index in [1.807, 2.05) is 24.3 Å². The van der Waals surface area contributed by atoms with E-state index in [9.17, 15) is 9.59 Å². The fraction of sp³-hybridized carbons (Fsp3) is 0.182. The molecule has 0 fully saturated rings. The minimum absolute atomic E-state index is 0.0858. The molecule has 0 saturated heterocycles. The van der Waals surface area contributed by atoms with Crippen LogP contribution in [-0.4, -0.2) is 33.1 Å². The van der Waals surface area contributed by atoms with Gasteiger partial charge in [0, 0.05) is 28.0 Å². The molecule has 0 saturated carbocycles. The fourth-order valence-electron chi connectivity index (χ4n) is 2.93. The number of amides is 2. The van der Waals surface area contributed by atoms with E-state index in [1.165, 1.54) is 6.33 Å². The number of carbonyl (C=O) groups is 2. The van der Waals surface area contributed by atoms with Crippen molar-refractivity contribution in [3.05, 3.63) is 59.9 Å². The number of hydroxylamine groups is 1. The Labute approximate surface area is 193 Å². The number of anilines is 3. The topological polar surface area (TPSA) is 125 Å². The summed E-state index contributed by atoms with van der Waals surface area (Å²) >= 11 is 3.45.